The van der Waals surface area contributed by atoms with Gasteiger partial charge in [-0.1, -0.05) is 0 Å². The van der Waals surface area contributed by atoms with E-state index in [0.717, 1.165) is 45.7 Å². The van der Waals surface area contributed by atoms with Crippen molar-refractivity contribution in [1.82, 2.24) is 0 Å². The smallest absolute Gasteiger partial charge is 0.157 e. The summed E-state index contributed by atoms with van der Waals surface area (Å²) in [6, 6.07) is 0. The lowest BCUT2D eigenvalue weighted by Crippen LogP contribution is -2.11. The molecule has 2 rings (SSSR count). The van der Waals surface area contributed by atoms with Crippen LogP contribution >= 0.6 is 0 Å². The molecular weight excluding hydrogens is 172 g/mol. The van der Waals surface area contributed by atoms with E-state index in [1.54, 1.807) is 0 Å². The molecule has 13 heavy (non-hydrogen) atoms. The van der Waals surface area contributed by atoms with Gasteiger partial charge in [-0.25, -0.2) is 0 Å². The Kier molecular flexibility index (Phi) is 3.55. The Morgan fingerprint density at radius 3 is 1.46 bits per heavy atom. The third kappa shape index (κ3) is 2.91. The quantitative estimate of drug-likeness (QED) is 0.657. The monoisotopic (exact) mass is 188 g/mol. The molecule has 0 aromatic rings. The van der Waals surface area contributed by atoms with Gasteiger partial charge in [-0.2, -0.15) is 0 Å². The standard InChI is InChI=1S/C9H16O4/c1(2-8-10-4-5-11-8)3-9-12-6-7-13-9/h8-9H,1-7H2. The molecule has 0 unspecified atom stereocenters. The van der Waals surface area contributed by atoms with E-state index < -0.39 is 0 Å². The van der Waals surface area contributed by atoms with Gasteiger partial charge in [-0.3, -0.25) is 0 Å². The Morgan fingerprint density at radius 2 is 1.08 bits per heavy atom. The van der Waals surface area contributed by atoms with Gasteiger partial charge in [0.2, 0.25) is 0 Å². The fourth-order valence-electron chi connectivity index (χ4n) is 1.60. The molecule has 2 saturated heterocycles. The highest BCUT2D eigenvalue weighted by atomic mass is 16.7. The van der Waals surface area contributed by atoms with Crippen LogP contribution in [0.4, 0.5) is 0 Å². The summed E-state index contributed by atoms with van der Waals surface area (Å²) in [5, 5.41) is 0. The van der Waals surface area contributed by atoms with Crippen LogP contribution in [0.3, 0.4) is 0 Å². The molecule has 76 valence electrons. The Balaban J connectivity index is 1.52. The van der Waals surface area contributed by atoms with Crippen molar-refractivity contribution in [2.75, 3.05) is 26.4 Å². The fraction of sp³-hybridized carbons (Fsp3) is 1.00. The second-order valence-corrected chi connectivity index (χ2v) is 3.27. The first-order chi connectivity index (χ1) is 6.45. The molecule has 0 aliphatic carbocycles. The van der Waals surface area contributed by atoms with Crippen molar-refractivity contribution in [2.45, 2.75) is 31.8 Å². The van der Waals surface area contributed by atoms with Crippen LogP contribution in [0.1, 0.15) is 19.3 Å². The Morgan fingerprint density at radius 1 is 0.692 bits per heavy atom. The molecule has 0 aromatic heterocycles. The van der Waals surface area contributed by atoms with Crippen molar-refractivity contribution in [2.24, 2.45) is 0 Å². The van der Waals surface area contributed by atoms with Gasteiger partial charge in [0.1, 0.15) is 0 Å². The van der Waals surface area contributed by atoms with Crippen molar-refractivity contribution in [3.05, 3.63) is 0 Å². The van der Waals surface area contributed by atoms with Gasteiger partial charge in [-0.15, -0.1) is 0 Å². The predicted octanol–water partition coefficient (Wildman–Crippen LogP) is 0.902. The minimum atomic E-state index is 0.0152. The van der Waals surface area contributed by atoms with Gasteiger partial charge in [0, 0.05) is 0 Å². The van der Waals surface area contributed by atoms with E-state index in [0.29, 0.717) is 0 Å². The summed E-state index contributed by atoms with van der Waals surface area (Å²) >= 11 is 0. The van der Waals surface area contributed by atoms with Crippen molar-refractivity contribution < 1.29 is 18.9 Å². The van der Waals surface area contributed by atoms with E-state index in [4.69, 9.17) is 18.9 Å². The van der Waals surface area contributed by atoms with E-state index in [1.807, 2.05) is 0 Å². The molecule has 0 saturated carbocycles. The lowest BCUT2D eigenvalue weighted by molar-refractivity contribution is -0.0674. The van der Waals surface area contributed by atoms with E-state index in [-0.39, 0.29) is 12.6 Å². The Labute approximate surface area is 78.1 Å². The van der Waals surface area contributed by atoms with Gasteiger partial charge < -0.3 is 18.9 Å². The third-order valence-corrected chi connectivity index (χ3v) is 2.26. The first kappa shape index (κ1) is 9.40. The number of ether oxygens (including phenoxy) is 4. The zero-order valence-corrected chi connectivity index (χ0v) is 7.74. The van der Waals surface area contributed by atoms with Crippen LogP contribution in [-0.4, -0.2) is 39.0 Å². The lowest BCUT2D eigenvalue weighted by atomic mass is 10.2. The molecule has 0 radical (unpaired) electrons. The molecule has 0 spiro atoms. The first-order valence-electron chi connectivity index (χ1n) is 4.91. The summed E-state index contributed by atoms with van der Waals surface area (Å²) in [6.07, 6.45) is 2.96. The topological polar surface area (TPSA) is 36.9 Å². The van der Waals surface area contributed by atoms with Crippen LogP contribution in [0.15, 0.2) is 0 Å². The van der Waals surface area contributed by atoms with Crippen LogP contribution < -0.4 is 0 Å². The molecule has 4 heteroatoms. The van der Waals surface area contributed by atoms with Gasteiger partial charge in [0.15, 0.2) is 12.6 Å². The van der Waals surface area contributed by atoms with Crippen LogP contribution in [-0.2, 0) is 18.9 Å². The zero-order valence-electron chi connectivity index (χ0n) is 7.74. The van der Waals surface area contributed by atoms with E-state index in [2.05, 4.69) is 0 Å². The van der Waals surface area contributed by atoms with Gasteiger partial charge >= 0.3 is 0 Å². The maximum Gasteiger partial charge on any atom is 0.157 e. The Hall–Kier alpha value is -0.160. The lowest BCUT2D eigenvalue weighted by Gasteiger charge is -2.11. The molecule has 0 N–H and O–H groups in total. The SMILES string of the molecule is C(CC1OCCO1)CC1OCCO1. The Bertz CT molecular complexity index is 123. The molecule has 2 aliphatic heterocycles. The first-order valence-corrected chi connectivity index (χ1v) is 4.91. The van der Waals surface area contributed by atoms with Crippen molar-refractivity contribution in [1.29, 1.82) is 0 Å². The summed E-state index contributed by atoms with van der Waals surface area (Å²) in [4.78, 5) is 0. The summed E-state index contributed by atoms with van der Waals surface area (Å²) in [5.41, 5.74) is 0. The summed E-state index contributed by atoms with van der Waals surface area (Å²) in [6.45, 7) is 2.95. The molecule has 2 heterocycles. The number of hydrogen-bond donors (Lipinski definition) is 0. The average molecular weight is 188 g/mol. The normalized spacial score (nSPS) is 25.8. The highest BCUT2D eigenvalue weighted by Gasteiger charge is 2.19. The molecule has 2 fully saturated rings. The molecule has 0 amide bonds. The second-order valence-electron chi connectivity index (χ2n) is 3.27. The number of hydrogen-bond acceptors (Lipinski definition) is 4. The molecule has 4 nitrogen and oxygen atoms in total. The highest BCUT2D eigenvalue weighted by molar-refractivity contribution is 4.56. The minimum Gasteiger partial charge on any atom is -0.350 e. The van der Waals surface area contributed by atoms with Crippen LogP contribution in [0.5, 0.6) is 0 Å². The van der Waals surface area contributed by atoms with Gasteiger partial charge in [-0.05, 0) is 19.3 Å². The highest BCUT2D eigenvalue weighted by Crippen LogP contribution is 2.16. The second kappa shape index (κ2) is 4.91. The average Bonchev–Trinajstić information content (AvgIpc) is 2.75. The summed E-state index contributed by atoms with van der Waals surface area (Å²) < 4.78 is 21.3. The maximum atomic E-state index is 5.31. The van der Waals surface area contributed by atoms with Crippen LogP contribution in [0, 0.1) is 0 Å². The third-order valence-electron chi connectivity index (χ3n) is 2.26. The summed E-state index contributed by atoms with van der Waals surface area (Å²) in [5.74, 6) is 0. The molecule has 0 atom stereocenters. The maximum absolute atomic E-state index is 5.31. The van der Waals surface area contributed by atoms with Crippen molar-refractivity contribution in [3.63, 3.8) is 0 Å². The largest absolute Gasteiger partial charge is 0.350 e. The number of rotatable bonds is 4. The van der Waals surface area contributed by atoms with Gasteiger partial charge in [0.05, 0.1) is 26.4 Å². The van der Waals surface area contributed by atoms with Crippen molar-refractivity contribution in [3.8, 4) is 0 Å². The zero-order chi connectivity index (χ0) is 8.93. The predicted molar refractivity (Wildman–Crippen MR) is 45.2 cm³/mol. The van der Waals surface area contributed by atoms with Crippen LogP contribution in [0.2, 0.25) is 0 Å². The van der Waals surface area contributed by atoms with Gasteiger partial charge in [0.25, 0.3) is 0 Å². The van der Waals surface area contributed by atoms with Crippen molar-refractivity contribution >= 4 is 0 Å². The van der Waals surface area contributed by atoms with E-state index in [9.17, 15) is 0 Å². The van der Waals surface area contributed by atoms with E-state index >= 15 is 0 Å². The molecule has 2 aliphatic rings. The fourth-order valence-corrected chi connectivity index (χ4v) is 1.60. The molecule has 0 bridgehead atoms. The van der Waals surface area contributed by atoms with Crippen LogP contribution in [0.25, 0.3) is 0 Å². The molecular formula is C9H16O4. The minimum absolute atomic E-state index is 0.0152. The molecule has 0 aromatic carbocycles. The van der Waals surface area contributed by atoms with E-state index in [1.165, 1.54) is 0 Å². The summed E-state index contributed by atoms with van der Waals surface area (Å²) in [7, 11) is 0.